The molecule has 1 N–H and O–H groups in total. The second-order valence-electron chi connectivity index (χ2n) is 5.30. The fourth-order valence-corrected chi connectivity index (χ4v) is 2.57. The standard InChI is InChI=1S/C14H18ClNO3/c1-8-3-4-10(7-9(8)2)19-13-11(14(17)18)5-6-12(15)16-13/h5-6,8-10H,3-4,7H2,1-2H3,(H,17,18). The minimum atomic E-state index is -1.05. The van der Waals surface area contributed by atoms with Crippen LogP contribution in [0.1, 0.15) is 43.5 Å². The Morgan fingerprint density at radius 3 is 2.74 bits per heavy atom. The zero-order valence-electron chi connectivity index (χ0n) is 11.1. The van der Waals surface area contributed by atoms with Crippen LogP contribution in [0.2, 0.25) is 5.15 Å². The fraction of sp³-hybridized carbons (Fsp3) is 0.571. The summed E-state index contributed by atoms with van der Waals surface area (Å²) in [6.07, 6.45) is 2.97. The third-order valence-electron chi connectivity index (χ3n) is 3.89. The van der Waals surface area contributed by atoms with Gasteiger partial charge in [-0.1, -0.05) is 25.4 Å². The minimum Gasteiger partial charge on any atom is -0.477 e. The van der Waals surface area contributed by atoms with Crippen LogP contribution >= 0.6 is 11.6 Å². The van der Waals surface area contributed by atoms with Crippen LogP contribution in [-0.2, 0) is 0 Å². The molecule has 4 nitrogen and oxygen atoms in total. The average Bonchev–Trinajstić information content (AvgIpc) is 2.33. The van der Waals surface area contributed by atoms with E-state index >= 15 is 0 Å². The predicted octanol–water partition coefficient (Wildman–Crippen LogP) is 3.64. The van der Waals surface area contributed by atoms with E-state index in [2.05, 4.69) is 18.8 Å². The number of hydrogen-bond donors (Lipinski definition) is 1. The first-order valence-electron chi connectivity index (χ1n) is 6.54. The van der Waals surface area contributed by atoms with Crippen LogP contribution in [0.15, 0.2) is 12.1 Å². The molecule has 0 bridgehead atoms. The Labute approximate surface area is 117 Å². The number of carboxylic acid groups (broad SMARTS) is 1. The van der Waals surface area contributed by atoms with Crippen LogP contribution < -0.4 is 4.74 Å². The van der Waals surface area contributed by atoms with Crippen molar-refractivity contribution >= 4 is 17.6 Å². The van der Waals surface area contributed by atoms with Gasteiger partial charge in [-0.25, -0.2) is 9.78 Å². The van der Waals surface area contributed by atoms with Crippen LogP contribution in [0.5, 0.6) is 5.88 Å². The normalized spacial score (nSPS) is 27.0. The molecule has 0 saturated heterocycles. The van der Waals surface area contributed by atoms with Crippen LogP contribution in [0.4, 0.5) is 0 Å². The maximum atomic E-state index is 11.1. The molecular weight excluding hydrogens is 266 g/mol. The van der Waals surface area contributed by atoms with Gasteiger partial charge in [0.15, 0.2) is 0 Å². The number of rotatable bonds is 3. The van der Waals surface area contributed by atoms with Gasteiger partial charge in [-0.15, -0.1) is 0 Å². The lowest BCUT2D eigenvalue weighted by atomic mass is 9.80. The van der Waals surface area contributed by atoms with Crippen molar-refractivity contribution in [1.29, 1.82) is 0 Å². The molecule has 0 aromatic carbocycles. The van der Waals surface area contributed by atoms with Crippen molar-refractivity contribution in [2.45, 2.75) is 39.2 Å². The summed E-state index contributed by atoms with van der Waals surface area (Å²) in [7, 11) is 0. The number of carbonyl (C=O) groups is 1. The first-order valence-corrected chi connectivity index (χ1v) is 6.91. The van der Waals surface area contributed by atoms with E-state index in [-0.39, 0.29) is 22.7 Å². The molecule has 0 radical (unpaired) electrons. The Morgan fingerprint density at radius 1 is 1.37 bits per heavy atom. The maximum Gasteiger partial charge on any atom is 0.341 e. The number of pyridine rings is 1. The number of hydrogen-bond acceptors (Lipinski definition) is 3. The highest BCUT2D eigenvalue weighted by molar-refractivity contribution is 6.29. The van der Waals surface area contributed by atoms with Gasteiger partial charge in [-0.2, -0.15) is 0 Å². The molecule has 5 heteroatoms. The highest BCUT2D eigenvalue weighted by Gasteiger charge is 2.27. The Bertz CT molecular complexity index is 478. The van der Waals surface area contributed by atoms with Gasteiger partial charge in [0.25, 0.3) is 0 Å². The number of nitrogens with zero attached hydrogens (tertiary/aromatic N) is 1. The van der Waals surface area contributed by atoms with Gasteiger partial charge in [0.05, 0.1) is 0 Å². The van der Waals surface area contributed by atoms with Crippen molar-refractivity contribution in [2.24, 2.45) is 11.8 Å². The lowest BCUT2D eigenvalue weighted by Gasteiger charge is -2.32. The Hall–Kier alpha value is -1.29. The van der Waals surface area contributed by atoms with Crippen molar-refractivity contribution < 1.29 is 14.6 Å². The van der Waals surface area contributed by atoms with Crippen molar-refractivity contribution in [3.05, 3.63) is 22.8 Å². The van der Waals surface area contributed by atoms with Crippen molar-refractivity contribution in [1.82, 2.24) is 4.98 Å². The molecule has 1 heterocycles. The minimum absolute atomic E-state index is 0.0234. The molecule has 0 aliphatic heterocycles. The van der Waals surface area contributed by atoms with Crippen LogP contribution in [0, 0.1) is 11.8 Å². The Balaban J connectivity index is 2.14. The third-order valence-corrected chi connectivity index (χ3v) is 4.10. The van der Waals surface area contributed by atoms with Gasteiger partial charge in [-0.3, -0.25) is 0 Å². The lowest BCUT2D eigenvalue weighted by Crippen LogP contribution is -2.29. The van der Waals surface area contributed by atoms with Crippen molar-refractivity contribution in [2.75, 3.05) is 0 Å². The molecule has 3 atom stereocenters. The number of aromatic carboxylic acids is 1. The first-order chi connectivity index (χ1) is 8.97. The van der Waals surface area contributed by atoms with Gasteiger partial charge >= 0.3 is 5.97 Å². The summed E-state index contributed by atoms with van der Waals surface area (Å²) in [4.78, 5) is 15.1. The van der Waals surface area contributed by atoms with E-state index in [0.29, 0.717) is 11.8 Å². The summed E-state index contributed by atoms with van der Waals surface area (Å²) >= 11 is 5.81. The molecule has 1 aromatic rings. The Kier molecular flexibility index (Phi) is 4.30. The zero-order valence-corrected chi connectivity index (χ0v) is 11.9. The van der Waals surface area contributed by atoms with E-state index in [0.717, 1.165) is 19.3 Å². The Morgan fingerprint density at radius 2 is 2.11 bits per heavy atom. The largest absolute Gasteiger partial charge is 0.477 e. The van der Waals surface area contributed by atoms with E-state index in [1.54, 1.807) is 0 Å². The molecule has 104 valence electrons. The average molecular weight is 284 g/mol. The molecule has 1 aliphatic rings. The monoisotopic (exact) mass is 283 g/mol. The summed E-state index contributed by atoms with van der Waals surface area (Å²) in [5.74, 6) is 0.348. The molecule has 3 unspecified atom stereocenters. The fourth-order valence-electron chi connectivity index (χ4n) is 2.43. The maximum absolute atomic E-state index is 11.1. The van der Waals surface area contributed by atoms with Gasteiger partial charge in [0.2, 0.25) is 5.88 Å². The van der Waals surface area contributed by atoms with E-state index in [1.807, 2.05) is 0 Å². The van der Waals surface area contributed by atoms with Crippen LogP contribution in [0.3, 0.4) is 0 Å². The van der Waals surface area contributed by atoms with Gasteiger partial charge in [0, 0.05) is 0 Å². The van der Waals surface area contributed by atoms with Gasteiger partial charge in [0.1, 0.15) is 16.8 Å². The van der Waals surface area contributed by atoms with Crippen LogP contribution in [0.25, 0.3) is 0 Å². The molecule has 19 heavy (non-hydrogen) atoms. The molecule has 0 amide bonds. The highest BCUT2D eigenvalue weighted by atomic mass is 35.5. The summed E-state index contributed by atoms with van der Waals surface area (Å²) in [5, 5.41) is 9.36. The van der Waals surface area contributed by atoms with E-state index in [9.17, 15) is 4.79 Å². The van der Waals surface area contributed by atoms with Crippen LogP contribution in [-0.4, -0.2) is 22.2 Å². The number of ether oxygens (including phenoxy) is 1. The lowest BCUT2D eigenvalue weighted by molar-refractivity contribution is 0.0670. The van der Waals surface area contributed by atoms with Crippen molar-refractivity contribution in [3.8, 4) is 5.88 Å². The number of halogens is 1. The summed E-state index contributed by atoms with van der Waals surface area (Å²) in [6, 6.07) is 2.89. The summed E-state index contributed by atoms with van der Waals surface area (Å²) in [6.45, 7) is 4.44. The quantitative estimate of drug-likeness (QED) is 0.861. The third kappa shape index (κ3) is 3.38. The van der Waals surface area contributed by atoms with E-state index in [4.69, 9.17) is 21.4 Å². The molecule has 1 saturated carbocycles. The summed E-state index contributed by atoms with van der Waals surface area (Å²) < 4.78 is 5.77. The van der Waals surface area contributed by atoms with E-state index < -0.39 is 5.97 Å². The predicted molar refractivity (Wildman–Crippen MR) is 72.8 cm³/mol. The van der Waals surface area contributed by atoms with Crippen molar-refractivity contribution in [3.63, 3.8) is 0 Å². The molecule has 0 spiro atoms. The first kappa shape index (κ1) is 14.1. The van der Waals surface area contributed by atoms with Gasteiger partial charge in [-0.05, 0) is 43.2 Å². The molecule has 1 fully saturated rings. The molecule has 1 aliphatic carbocycles. The smallest absolute Gasteiger partial charge is 0.341 e. The second kappa shape index (κ2) is 5.78. The highest BCUT2D eigenvalue weighted by Crippen LogP contribution is 2.32. The zero-order chi connectivity index (χ0) is 14.0. The SMILES string of the molecule is CC1CCC(Oc2nc(Cl)ccc2C(=O)O)CC1C. The number of carboxylic acids is 1. The molecular formula is C14H18ClNO3. The number of aromatic nitrogens is 1. The topological polar surface area (TPSA) is 59.4 Å². The van der Waals surface area contributed by atoms with Gasteiger partial charge < -0.3 is 9.84 Å². The van der Waals surface area contributed by atoms with E-state index in [1.165, 1.54) is 12.1 Å². The molecule has 2 rings (SSSR count). The molecule has 1 aromatic heterocycles. The summed E-state index contributed by atoms with van der Waals surface area (Å²) in [5.41, 5.74) is 0.0654. The second-order valence-corrected chi connectivity index (χ2v) is 5.69.